The fourth-order valence-electron chi connectivity index (χ4n) is 13.6. The monoisotopic (exact) mass is 1680 g/mol. The first-order chi connectivity index (χ1) is 59.3. The molecule has 123 heavy (non-hydrogen) atoms. The molecule has 0 fully saturated rings. The summed E-state index contributed by atoms with van der Waals surface area (Å²) in [6.07, 6.45) is 2.53. The summed E-state index contributed by atoms with van der Waals surface area (Å²) < 4.78 is 71.8. The van der Waals surface area contributed by atoms with Gasteiger partial charge in [-0.2, -0.15) is 0 Å². The largest absolute Gasteiger partial charge is 0.462 e. The number of hydrogen-bond donors (Lipinski definition) is 9. The Morgan fingerprint density at radius 3 is 1.36 bits per heavy atom. The second kappa shape index (κ2) is 42.4. The Bertz CT molecular complexity index is 5920. The van der Waals surface area contributed by atoms with Crippen LogP contribution in [0.4, 0.5) is 38.5 Å². The quantitative estimate of drug-likeness (QED) is 0.0103. The molecule has 0 spiro atoms. The lowest BCUT2D eigenvalue weighted by Gasteiger charge is -2.25. The minimum Gasteiger partial charge on any atom is -0.462 e. The van der Waals surface area contributed by atoms with Crippen LogP contribution in [0.15, 0.2) is 198 Å². The molecule has 0 saturated carbocycles. The molecule has 28 nitrogen and oxygen atoms in total. The Kier molecular flexibility index (Phi) is 30.8. The zero-order valence-corrected chi connectivity index (χ0v) is 68.7. The fraction of sp³-hybridized carbons (Fsp3) is 0.275. The van der Waals surface area contributed by atoms with E-state index in [-0.39, 0.29) is 87.5 Å². The number of fused-ring (bicyclic) bond motifs is 2. The number of halogens is 4. The maximum absolute atomic E-state index is 15.4. The number of nitrogens with zero attached hydrogens (tertiary/aromatic N) is 8. The Balaban J connectivity index is 0.734. The van der Waals surface area contributed by atoms with E-state index in [9.17, 15) is 47.9 Å². The van der Waals surface area contributed by atoms with Crippen LogP contribution in [0.2, 0.25) is 0 Å². The average molecular weight is 1680 g/mol. The van der Waals surface area contributed by atoms with Gasteiger partial charge in [0.15, 0.2) is 0 Å². The number of carbonyl (C=O) groups excluding carboxylic acids is 8. The second-order valence-electron chi connectivity index (χ2n) is 29.3. The number of hydrogen-bond acceptors (Lipinski definition) is 15. The molecule has 7 aromatic carbocycles. The zero-order chi connectivity index (χ0) is 87.8. The number of rotatable bonds is 34. The highest BCUT2D eigenvalue weighted by Crippen LogP contribution is 2.31. The predicted octanol–water partition coefficient (Wildman–Crippen LogP) is 9.49. The number of urea groups is 2. The molecule has 0 radical (unpaired) electrons. The SMILES string of the molecule is CCNC(=O)Nc1ccc(-c2nc3n(Cc4c(F)cccc4F)ccc(=O)n3c2CN(CC(=O)N[C@H](C(=O)NCC#Cc2ccccc2C#CCNC(=O)[C@@H](NC(=O)CNC(=O)CN(Cc2ccccc2)Cc2c(-c3ccc(NC(=O)NCC)cc3)nc3n(Cc4c(F)cccc4F)cc(C(=O)OCC)c(=O)n23)C(C)C)C(C)C)Cc2ccccc2)cc1. The number of aromatic nitrogens is 6. The number of anilines is 2. The van der Waals surface area contributed by atoms with Crippen LogP contribution in [0.3, 0.4) is 0 Å². The van der Waals surface area contributed by atoms with Gasteiger partial charge in [-0.15, -0.1) is 0 Å². The van der Waals surface area contributed by atoms with Gasteiger partial charge in [0, 0.05) is 102 Å². The summed E-state index contributed by atoms with van der Waals surface area (Å²) in [4.78, 5) is 151. The van der Waals surface area contributed by atoms with Crippen molar-refractivity contribution in [2.75, 3.05) is 63.1 Å². The van der Waals surface area contributed by atoms with E-state index in [1.807, 2.05) is 42.5 Å². The number of benzene rings is 7. The standard InChI is InChI=1S/C91H93F4N17O11/c1-8-96-88(121)101-65-39-35-63(36-40-65)82-74(111-79(116)43-46-109(90(111)105-82)50-67-70(92)31-19-32-71(67)93)53-108(49-60-25-15-12-16-26-60)56-78(115)104-81(58(6)7)85(118)99-45-22-30-62-28-18-17-27-61(62)29-21-44-98-84(117)80(57(4)5)103-76(113)47-100-77(114)55-107(48-59-23-13-11-14-24-59)54-75-83(64-37-41-66(42-38-64)102-89(122)97-9-2)106-91-110(51-68-72(94)33-20-34-73(68)95)52-69(86(119)112(75)91)87(120)123-10-3/h11-20,23-28,31-43,46,52,57-58,80-81H,8-10,44-45,47-51,53-56H2,1-7H3,(H,98,117)(H,99,118)(H,100,114)(H,103,113)(H,104,115)(H2,96,101,121)(H2,97,102,122)/t80-,81-/m0/s1. The molecule has 11 rings (SSSR count). The van der Waals surface area contributed by atoms with E-state index in [1.54, 1.807) is 149 Å². The molecule has 11 aromatic rings. The molecule has 0 aliphatic carbocycles. The van der Waals surface area contributed by atoms with Crippen LogP contribution < -0.4 is 59.0 Å². The van der Waals surface area contributed by atoms with Crippen molar-refractivity contribution < 1.29 is 60.7 Å². The van der Waals surface area contributed by atoms with E-state index in [4.69, 9.17) is 14.7 Å². The van der Waals surface area contributed by atoms with Gasteiger partial charge in [-0.05, 0) is 104 Å². The third-order valence-corrected chi connectivity index (χ3v) is 19.6. The van der Waals surface area contributed by atoms with E-state index < -0.39 is 137 Å². The van der Waals surface area contributed by atoms with Crippen molar-refractivity contribution in [1.82, 2.24) is 74.9 Å². The molecule has 0 saturated heterocycles. The van der Waals surface area contributed by atoms with Crippen molar-refractivity contribution in [3.63, 3.8) is 0 Å². The third-order valence-electron chi connectivity index (χ3n) is 19.6. The van der Waals surface area contributed by atoms with E-state index in [0.717, 1.165) is 46.0 Å². The van der Waals surface area contributed by atoms with Crippen molar-refractivity contribution in [1.29, 1.82) is 0 Å². The van der Waals surface area contributed by atoms with E-state index in [1.165, 1.54) is 37.9 Å². The molecule has 4 heterocycles. The minimum absolute atomic E-state index is 0.0576. The molecule has 32 heteroatoms. The van der Waals surface area contributed by atoms with E-state index in [0.29, 0.717) is 58.1 Å². The van der Waals surface area contributed by atoms with Crippen molar-refractivity contribution in [3.05, 3.63) is 283 Å². The number of amides is 9. The van der Waals surface area contributed by atoms with Gasteiger partial charge in [0.1, 0.15) is 40.9 Å². The van der Waals surface area contributed by atoms with Gasteiger partial charge in [0.05, 0.1) is 75.2 Å². The Labute approximate surface area is 706 Å². The normalized spacial score (nSPS) is 11.6. The third kappa shape index (κ3) is 23.5. The number of nitrogens with one attached hydrogen (secondary N) is 9. The van der Waals surface area contributed by atoms with Crippen LogP contribution in [0, 0.1) is 58.8 Å². The summed E-state index contributed by atoms with van der Waals surface area (Å²) in [5.74, 6) is 3.61. The lowest BCUT2D eigenvalue weighted by molar-refractivity contribution is -0.130. The Morgan fingerprint density at radius 1 is 0.472 bits per heavy atom. The lowest BCUT2D eigenvalue weighted by Crippen LogP contribution is -2.52. The number of imidazole rings is 2. The van der Waals surface area contributed by atoms with Crippen LogP contribution in [0.5, 0.6) is 0 Å². The summed E-state index contributed by atoms with van der Waals surface area (Å²) >= 11 is 0. The summed E-state index contributed by atoms with van der Waals surface area (Å²) in [6, 6.07) is 43.5. The fourth-order valence-corrected chi connectivity index (χ4v) is 13.6. The van der Waals surface area contributed by atoms with Gasteiger partial charge in [0.25, 0.3) is 11.1 Å². The van der Waals surface area contributed by atoms with Crippen LogP contribution in [0.25, 0.3) is 34.1 Å². The smallest absolute Gasteiger partial charge is 0.345 e. The highest BCUT2D eigenvalue weighted by atomic mass is 19.1. The van der Waals surface area contributed by atoms with Crippen molar-refractivity contribution >= 4 is 70.5 Å². The first-order valence-electron chi connectivity index (χ1n) is 39.9. The van der Waals surface area contributed by atoms with Crippen LogP contribution >= 0.6 is 0 Å². The van der Waals surface area contributed by atoms with Gasteiger partial charge in [-0.3, -0.25) is 43.4 Å². The lowest BCUT2D eigenvalue weighted by atomic mass is 10.0. The molecular formula is C91H93F4N17O11. The molecule has 0 aliphatic rings. The Hall–Kier alpha value is -14.5. The highest BCUT2D eigenvalue weighted by Gasteiger charge is 2.31. The molecule has 0 bridgehead atoms. The molecule has 9 N–H and O–H groups in total. The molecule has 0 unspecified atom stereocenters. The number of carbonyl (C=O) groups is 8. The van der Waals surface area contributed by atoms with Crippen LogP contribution in [0.1, 0.15) is 104 Å². The summed E-state index contributed by atoms with van der Waals surface area (Å²) in [5.41, 5.74) is 2.70. The first-order valence-corrected chi connectivity index (χ1v) is 39.9. The van der Waals surface area contributed by atoms with E-state index in [2.05, 4.69) is 71.5 Å². The zero-order valence-electron chi connectivity index (χ0n) is 68.7. The minimum atomic E-state index is -1.09. The van der Waals surface area contributed by atoms with Gasteiger partial charge >= 0.3 is 18.0 Å². The highest BCUT2D eigenvalue weighted by molar-refractivity contribution is 5.93. The Morgan fingerprint density at radius 2 is 0.902 bits per heavy atom. The average Bonchev–Trinajstić information content (AvgIpc) is 1.60. The first kappa shape index (κ1) is 89.3. The van der Waals surface area contributed by atoms with Crippen molar-refractivity contribution in [2.24, 2.45) is 11.8 Å². The molecule has 4 aromatic heterocycles. The molecule has 2 atom stereocenters. The molecule has 0 aliphatic heterocycles. The second-order valence-corrected chi connectivity index (χ2v) is 29.3. The molecule has 636 valence electrons. The van der Waals surface area contributed by atoms with Crippen LogP contribution in [-0.4, -0.2) is 150 Å². The van der Waals surface area contributed by atoms with Gasteiger partial charge in [-0.1, -0.05) is 161 Å². The number of ether oxygens (including phenoxy) is 1. The number of esters is 1. The van der Waals surface area contributed by atoms with E-state index >= 15 is 17.6 Å². The predicted molar refractivity (Wildman–Crippen MR) is 456 cm³/mol. The van der Waals surface area contributed by atoms with Crippen molar-refractivity contribution in [3.8, 4) is 46.2 Å². The summed E-state index contributed by atoms with van der Waals surface area (Å²) in [5, 5.41) is 24.7. The maximum Gasteiger partial charge on any atom is 0.345 e. The maximum atomic E-state index is 15.4. The van der Waals surface area contributed by atoms with Gasteiger partial charge in [-0.25, -0.2) is 50.7 Å². The molecule has 9 amide bonds. The van der Waals surface area contributed by atoms with Gasteiger partial charge in [0.2, 0.25) is 41.1 Å². The topological polar surface area (TPSA) is 339 Å². The van der Waals surface area contributed by atoms with Gasteiger partial charge < -0.3 is 61.7 Å². The summed E-state index contributed by atoms with van der Waals surface area (Å²) in [6.45, 7) is 10.2. The van der Waals surface area contributed by atoms with Crippen molar-refractivity contribution in [2.45, 2.75) is 99.8 Å². The molecular weight excluding hydrogens is 1580 g/mol. The van der Waals surface area contributed by atoms with Crippen LogP contribution in [-0.2, 0) is 68.0 Å². The summed E-state index contributed by atoms with van der Waals surface area (Å²) in [7, 11) is 0.